The van der Waals surface area contributed by atoms with Crippen molar-refractivity contribution in [3.8, 4) is 5.75 Å². The first-order valence-electron chi connectivity index (χ1n) is 5.94. The molecular weight excluding hydrogens is 202 g/mol. The van der Waals surface area contributed by atoms with Crippen LogP contribution in [0.1, 0.15) is 24.3 Å². The molecule has 0 aromatic heterocycles. The van der Waals surface area contributed by atoms with Gasteiger partial charge in [-0.2, -0.15) is 0 Å². The lowest BCUT2D eigenvalue weighted by molar-refractivity contribution is 0.0918. The summed E-state index contributed by atoms with van der Waals surface area (Å²) in [5.41, 5.74) is 7.10. The first kappa shape index (κ1) is 10.1. The van der Waals surface area contributed by atoms with Gasteiger partial charge in [-0.05, 0) is 37.1 Å². The van der Waals surface area contributed by atoms with Crippen LogP contribution in [0, 0.1) is 5.92 Å². The number of phenols is 1. The van der Waals surface area contributed by atoms with Crippen LogP contribution < -0.4 is 5.73 Å². The van der Waals surface area contributed by atoms with Gasteiger partial charge in [0.25, 0.3) is 0 Å². The Morgan fingerprint density at radius 2 is 1.88 bits per heavy atom. The van der Waals surface area contributed by atoms with Gasteiger partial charge in [0.1, 0.15) is 5.75 Å². The Morgan fingerprint density at radius 1 is 1.19 bits per heavy atom. The number of hydrogen-bond donors (Lipinski definition) is 2. The average Bonchev–Trinajstić information content (AvgIpc) is 2.89. The highest BCUT2D eigenvalue weighted by Gasteiger charge is 2.48. The van der Waals surface area contributed by atoms with E-state index in [1.807, 2.05) is 12.1 Å². The highest BCUT2D eigenvalue weighted by atomic mass is 16.5. The zero-order valence-electron chi connectivity index (χ0n) is 9.17. The minimum absolute atomic E-state index is 0.317. The summed E-state index contributed by atoms with van der Waals surface area (Å²) in [5, 5.41) is 9.30. The molecule has 3 rings (SSSR count). The Kier molecular flexibility index (Phi) is 2.37. The maximum atomic E-state index is 9.30. The summed E-state index contributed by atoms with van der Waals surface area (Å²) in [7, 11) is 0. The topological polar surface area (TPSA) is 55.5 Å². The van der Waals surface area contributed by atoms with E-state index in [9.17, 15) is 5.11 Å². The molecule has 3 nitrogen and oxygen atoms in total. The molecule has 0 amide bonds. The van der Waals surface area contributed by atoms with Gasteiger partial charge in [0.05, 0.1) is 12.2 Å². The highest BCUT2D eigenvalue weighted by Crippen LogP contribution is 2.48. The molecule has 1 aromatic rings. The summed E-state index contributed by atoms with van der Waals surface area (Å²) in [6, 6.07) is 7.48. The van der Waals surface area contributed by atoms with Gasteiger partial charge in [-0.1, -0.05) is 12.1 Å². The molecule has 2 bridgehead atoms. The highest BCUT2D eigenvalue weighted by molar-refractivity contribution is 5.31. The van der Waals surface area contributed by atoms with Crippen LogP contribution in [-0.2, 0) is 4.74 Å². The molecule has 2 fully saturated rings. The van der Waals surface area contributed by atoms with Crippen molar-refractivity contribution in [3.63, 3.8) is 0 Å². The fraction of sp³-hybridized carbons (Fsp3) is 0.538. The second kappa shape index (κ2) is 3.75. The summed E-state index contributed by atoms with van der Waals surface area (Å²) in [6.45, 7) is 0.687. The van der Waals surface area contributed by atoms with Gasteiger partial charge >= 0.3 is 0 Å². The molecular formula is C13H17NO2. The minimum atomic E-state index is 0.317. The van der Waals surface area contributed by atoms with E-state index < -0.39 is 0 Å². The lowest BCUT2D eigenvalue weighted by Gasteiger charge is -2.27. The predicted molar refractivity (Wildman–Crippen MR) is 61.3 cm³/mol. The number of aromatic hydroxyl groups is 1. The van der Waals surface area contributed by atoms with Crippen LogP contribution in [0.15, 0.2) is 24.3 Å². The summed E-state index contributed by atoms with van der Waals surface area (Å²) < 4.78 is 5.93. The number of nitrogens with two attached hydrogens (primary N) is 1. The Balaban J connectivity index is 1.91. The van der Waals surface area contributed by atoms with Crippen LogP contribution in [0.4, 0.5) is 0 Å². The van der Waals surface area contributed by atoms with Gasteiger partial charge in [0, 0.05) is 11.8 Å². The van der Waals surface area contributed by atoms with Crippen molar-refractivity contribution in [2.24, 2.45) is 11.7 Å². The third kappa shape index (κ3) is 1.43. The summed E-state index contributed by atoms with van der Waals surface area (Å²) in [4.78, 5) is 0. The molecule has 86 valence electrons. The number of fused-ring (bicyclic) bond motifs is 2. The molecule has 1 aromatic carbocycles. The first-order chi connectivity index (χ1) is 7.79. The van der Waals surface area contributed by atoms with Crippen LogP contribution in [0.5, 0.6) is 5.75 Å². The molecule has 4 atom stereocenters. The maximum absolute atomic E-state index is 9.30. The van der Waals surface area contributed by atoms with Gasteiger partial charge in [0.2, 0.25) is 0 Å². The van der Waals surface area contributed by atoms with Crippen LogP contribution in [-0.4, -0.2) is 23.9 Å². The van der Waals surface area contributed by atoms with Crippen molar-refractivity contribution in [1.29, 1.82) is 0 Å². The standard InChI is InChI=1S/C13H17NO2/c14-7-10-11-5-6-12(16-11)13(10)8-1-3-9(15)4-2-8/h1-4,10-13,15H,5-7,14H2. The Labute approximate surface area is 95.2 Å². The molecule has 2 heterocycles. The lowest BCUT2D eigenvalue weighted by atomic mass is 9.75. The quantitative estimate of drug-likeness (QED) is 0.794. The second-order valence-corrected chi connectivity index (χ2v) is 4.81. The van der Waals surface area contributed by atoms with Crippen molar-refractivity contribution >= 4 is 0 Å². The molecule has 0 aliphatic carbocycles. The molecule has 2 saturated heterocycles. The molecule has 2 aliphatic heterocycles. The van der Waals surface area contributed by atoms with Crippen LogP contribution in [0.2, 0.25) is 0 Å². The molecule has 3 heteroatoms. The number of phenolic OH excluding ortho intramolecular Hbond substituents is 1. The summed E-state index contributed by atoms with van der Waals surface area (Å²) in [5.74, 6) is 1.18. The van der Waals surface area contributed by atoms with E-state index in [0.717, 1.165) is 12.8 Å². The molecule has 0 spiro atoms. The third-order valence-electron chi connectivity index (χ3n) is 3.97. The normalized spacial score (nSPS) is 36.8. The molecule has 0 radical (unpaired) electrons. The summed E-state index contributed by atoms with van der Waals surface area (Å²) >= 11 is 0. The largest absolute Gasteiger partial charge is 0.508 e. The second-order valence-electron chi connectivity index (χ2n) is 4.81. The zero-order chi connectivity index (χ0) is 11.1. The van der Waals surface area contributed by atoms with Crippen molar-refractivity contribution in [2.45, 2.75) is 31.0 Å². The SMILES string of the molecule is NCC1C2CCC(O2)C1c1ccc(O)cc1. The van der Waals surface area contributed by atoms with E-state index in [1.165, 1.54) is 5.56 Å². The van der Waals surface area contributed by atoms with Gasteiger partial charge in [0.15, 0.2) is 0 Å². The number of hydrogen-bond acceptors (Lipinski definition) is 3. The van der Waals surface area contributed by atoms with Crippen LogP contribution in [0.25, 0.3) is 0 Å². The zero-order valence-corrected chi connectivity index (χ0v) is 9.17. The van der Waals surface area contributed by atoms with Crippen molar-refractivity contribution in [2.75, 3.05) is 6.54 Å². The number of ether oxygens (including phenoxy) is 1. The molecule has 0 saturated carbocycles. The van der Waals surface area contributed by atoms with Crippen molar-refractivity contribution in [3.05, 3.63) is 29.8 Å². The molecule has 3 N–H and O–H groups in total. The fourth-order valence-electron chi connectivity index (χ4n) is 3.23. The lowest BCUT2D eigenvalue weighted by Crippen LogP contribution is -2.31. The fourth-order valence-corrected chi connectivity index (χ4v) is 3.23. The smallest absolute Gasteiger partial charge is 0.115 e. The van der Waals surface area contributed by atoms with Gasteiger partial charge < -0.3 is 15.6 Å². The van der Waals surface area contributed by atoms with E-state index in [0.29, 0.717) is 36.3 Å². The Morgan fingerprint density at radius 3 is 2.56 bits per heavy atom. The molecule has 2 aliphatic rings. The van der Waals surface area contributed by atoms with E-state index >= 15 is 0 Å². The van der Waals surface area contributed by atoms with Crippen molar-refractivity contribution in [1.82, 2.24) is 0 Å². The average molecular weight is 219 g/mol. The van der Waals surface area contributed by atoms with E-state index in [4.69, 9.17) is 10.5 Å². The van der Waals surface area contributed by atoms with Crippen LogP contribution >= 0.6 is 0 Å². The molecule has 16 heavy (non-hydrogen) atoms. The van der Waals surface area contributed by atoms with E-state index in [-0.39, 0.29) is 0 Å². The maximum Gasteiger partial charge on any atom is 0.115 e. The van der Waals surface area contributed by atoms with Gasteiger partial charge in [-0.3, -0.25) is 0 Å². The van der Waals surface area contributed by atoms with Gasteiger partial charge in [-0.25, -0.2) is 0 Å². The Bertz CT molecular complexity index is 376. The third-order valence-corrected chi connectivity index (χ3v) is 3.97. The van der Waals surface area contributed by atoms with Crippen LogP contribution in [0.3, 0.4) is 0 Å². The minimum Gasteiger partial charge on any atom is -0.508 e. The number of rotatable bonds is 2. The first-order valence-corrected chi connectivity index (χ1v) is 5.94. The van der Waals surface area contributed by atoms with Crippen molar-refractivity contribution < 1.29 is 9.84 Å². The van der Waals surface area contributed by atoms with E-state index in [2.05, 4.69) is 0 Å². The van der Waals surface area contributed by atoms with E-state index in [1.54, 1.807) is 12.1 Å². The number of benzene rings is 1. The predicted octanol–water partition coefficient (Wildman–Crippen LogP) is 1.61. The molecule has 4 unspecified atom stereocenters. The summed E-state index contributed by atoms with van der Waals surface area (Å²) in [6.07, 6.45) is 2.99. The Hall–Kier alpha value is -1.06. The van der Waals surface area contributed by atoms with Gasteiger partial charge in [-0.15, -0.1) is 0 Å². The monoisotopic (exact) mass is 219 g/mol.